The summed E-state index contributed by atoms with van der Waals surface area (Å²) in [5, 5.41) is 10.8. The van der Waals surface area contributed by atoms with Crippen LogP contribution in [-0.2, 0) is 21.0 Å². The van der Waals surface area contributed by atoms with Gasteiger partial charge in [0.1, 0.15) is 6.04 Å². The predicted molar refractivity (Wildman–Crippen MR) is 117 cm³/mol. The fourth-order valence-corrected chi connectivity index (χ4v) is 5.70. The van der Waals surface area contributed by atoms with Crippen LogP contribution >= 0.6 is 0 Å². The van der Waals surface area contributed by atoms with Gasteiger partial charge in [-0.3, -0.25) is 10.0 Å². The van der Waals surface area contributed by atoms with Crippen LogP contribution in [0.2, 0.25) is 0 Å². The van der Waals surface area contributed by atoms with Crippen molar-refractivity contribution in [3.63, 3.8) is 0 Å². The SMILES string of the molecule is CCCN([C@@H]1C[C@H](C(C)C)N(O)C1=O)S(=O)(=O)c1ccc(-c2ccc(C(F)(F)F)cc2)cc1. The lowest BCUT2D eigenvalue weighted by molar-refractivity contribution is -0.170. The van der Waals surface area contributed by atoms with Crippen molar-refractivity contribution in [2.75, 3.05) is 6.54 Å². The number of benzene rings is 2. The normalized spacial score (nSPS) is 19.7. The Morgan fingerprint density at radius 2 is 1.58 bits per heavy atom. The lowest BCUT2D eigenvalue weighted by Gasteiger charge is -2.26. The lowest BCUT2D eigenvalue weighted by Crippen LogP contribution is -2.45. The van der Waals surface area contributed by atoms with Crippen LogP contribution in [0.15, 0.2) is 53.4 Å². The van der Waals surface area contributed by atoms with E-state index in [4.69, 9.17) is 0 Å². The molecular formula is C23H27F3N2O4S. The second-order valence-corrected chi connectivity index (χ2v) is 10.4. The first-order valence-electron chi connectivity index (χ1n) is 10.7. The number of rotatable bonds is 7. The molecular weight excluding hydrogens is 457 g/mol. The van der Waals surface area contributed by atoms with Crippen molar-refractivity contribution in [2.24, 2.45) is 5.92 Å². The molecule has 180 valence electrons. The number of halogens is 3. The number of nitrogens with zero attached hydrogens (tertiary/aromatic N) is 2. The molecule has 2 aromatic carbocycles. The Morgan fingerprint density at radius 3 is 2.00 bits per heavy atom. The van der Waals surface area contributed by atoms with Gasteiger partial charge in [0.2, 0.25) is 10.0 Å². The van der Waals surface area contributed by atoms with Gasteiger partial charge in [-0.1, -0.05) is 45.0 Å². The van der Waals surface area contributed by atoms with Crippen LogP contribution in [0, 0.1) is 5.92 Å². The van der Waals surface area contributed by atoms with E-state index in [1.165, 1.54) is 36.4 Å². The summed E-state index contributed by atoms with van der Waals surface area (Å²) in [5.74, 6) is -0.690. The van der Waals surface area contributed by atoms with Crippen LogP contribution in [0.5, 0.6) is 0 Å². The molecule has 1 fully saturated rings. The summed E-state index contributed by atoms with van der Waals surface area (Å²) in [6.07, 6.45) is -3.77. The van der Waals surface area contributed by atoms with Crippen molar-refractivity contribution in [3.05, 3.63) is 54.1 Å². The quantitative estimate of drug-likeness (QED) is 0.574. The summed E-state index contributed by atoms with van der Waals surface area (Å²) in [7, 11) is -4.05. The number of amides is 1. The highest BCUT2D eigenvalue weighted by atomic mass is 32.2. The first kappa shape index (κ1) is 25.2. The standard InChI is InChI=1S/C23H27F3N2O4S/c1-4-13-27(21-14-20(15(2)3)28(30)22(21)29)33(31,32)19-11-7-17(8-12-19)16-5-9-18(10-6-16)23(24,25)26/h5-12,15,20-21,30H,4,13-14H2,1-3H3/t20-,21-/m1/s1. The maximum absolute atomic E-state index is 13.4. The van der Waals surface area contributed by atoms with Gasteiger partial charge in [0.05, 0.1) is 16.5 Å². The number of hydrogen-bond acceptors (Lipinski definition) is 4. The van der Waals surface area contributed by atoms with Gasteiger partial charge in [0.25, 0.3) is 5.91 Å². The molecule has 0 unspecified atom stereocenters. The molecule has 1 amide bonds. The molecule has 0 radical (unpaired) electrons. The minimum Gasteiger partial charge on any atom is -0.286 e. The fraction of sp³-hybridized carbons (Fsp3) is 0.435. The van der Waals surface area contributed by atoms with Crippen LogP contribution in [0.4, 0.5) is 13.2 Å². The predicted octanol–water partition coefficient (Wildman–Crippen LogP) is 4.79. The Bertz CT molecular complexity index is 1080. The summed E-state index contributed by atoms with van der Waals surface area (Å²) in [4.78, 5) is 12.6. The zero-order valence-electron chi connectivity index (χ0n) is 18.6. The second-order valence-electron chi connectivity index (χ2n) is 8.46. The minimum absolute atomic E-state index is 0.0306. The highest BCUT2D eigenvalue weighted by Gasteiger charge is 2.47. The van der Waals surface area contributed by atoms with Gasteiger partial charge in [-0.25, -0.2) is 13.5 Å². The summed E-state index contributed by atoms with van der Waals surface area (Å²) in [6.45, 7) is 5.61. The van der Waals surface area contributed by atoms with Crippen LogP contribution in [0.25, 0.3) is 11.1 Å². The van der Waals surface area contributed by atoms with Crippen molar-refractivity contribution in [1.29, 1.82) is 0 Å². The Hall–Kier alpha value is -2.43. The molecule has 2 aromatic rings. The molecule has 1 N–H and O–H groups in total. The third-order valence-corrected chi connectivity index (χ3v) is 7.78. The lowest BCUT2D eigenvalue weighted by atomic mass is 10.0. The largest absolute Gasteiger partial charge is 0.416 e. The molecule has 1 saturated heterocycles. The van der Waals surface area contributed by atoms with Gasteiger partial charge >= 0.3 is 6.18 Å². The molecule has 0 spiro atoms. The number of alkyl halides is 3. The number of sulfonamides is 1. The van der Waals surface area contributed by atoms with Gasteiger partial charge in [0, 0.05) is 6.54 Å². The Morgan fingerprint density at radius 1 is 1.06 bits per heavy atom. The third kappa shape index (κ3) is 5.07. The molecule has 3 rings (SSSR count). The van der Waals surface area contributed by atoms with Crippen molar-refractivity contribution in [2.45, 2.75) is 56.8 Å². The van der Waals surface area contributed by atoms with Gasteiger partial charge in [-0.05, 0) is 54.2 Å². The number of carbonyl (C=O) groups is 1. The molecule has 6 nitrogen and oxygen atoms in total. The molecule has 0 aromatic heterocycles. The summed E-state index contributed by atoms with van der Waals surface area (Å²) < 4.78 is 66.2. The van der Waals surface area contributed by atoms with E-state index in [1.54, 1.807) is 6.92 Å². The third-order valence-electron chi connectivity index (χ3n) is 5.86. The second kappa shape index (κ2) is 9.44. The fourth-order valence-electron chi connectivity index (χ4n) is 4.01. The summed E-state index contributed by atoms with van der Waals surface area (Å²) >= 11 is 0. The zero-order valence-corrected chi connectivity index (χ0v) is 19.4. The highest BCUT2D eigenvalue weighted by Crippen LogP contribution is 2.33. The maximum Gasteiger partial charge on any atom is 0.416 e. The van der Waals surface area contributed by atoms with Gasteiger partial charge < -0.3 is 0 Å². The van der Waals surface area contributed by atoms with Crippen molar-refractivity contribution >= 4 is 15.9 Å². The molecule has 10 heteroatoms. The Labute approximate surface area is 191 Å². The molecule has 0 saturated carbocycles. The van der Waals surface area contributed by atoms with Gasteiger partial charge in [-0.15, -0.1) is 0 Å². The van der Waals surface area contributed by atoms with E-state index in [-0.39, 0.29) is 23.8 Å². The summed E-state index contributed by atoms with van der Waals surface area (Å²) in [6, 6.07) is 8.92. The van der Waals surface area contributed by atoms with E-state index < -0.39 is 39.8 Å². The average Bonchev–Trinajstić information content (AvgIpc) is 3.06. The van der Waals surface area contributed by atoms with Gasteiger partial charge in [0.15, 0.2) is 0 Å². The first-order chi connectivity index (χ1) is 15.4. The Balaban J connectivity index is 1.88. The maximum atomic E-state index is 13.4. The molecule has 0 bridgehead atoms. The molecule has 1 aliphatic rings. The van der Waals surface area contributed by atoms with Gasteiger partial charge in [-0.2, -0.15) is 17.5 Å². The summed E-state index contributed by atoms with van der Waals surface area (Å²) in [5.41, 5.74) is 0.307. The van der Waals surface area contributed by atoms with Crippen molar-refractivity contribution in [1.82, 2.24) is 9.37 Å². The molecule has 1 aliphatic heterocycles. The zero-order chi connectivity index (χ0) is 24.6. The number of carbonyl (C=O) groups excluding carboxylic acids is 1. The van der Waals surface area contributed by atoms with Crippen molar-refractivity contribution < 1.29 is 31.6 Å². The topological polar surface area (TPSA) is 77.9 Å². The van der Waals surface area contributed by atoms with Crippen LogP contribution in [0.1, 0.15) is 39.2 Å². The molecule has 1 heterocycles. The average molecular weight is 485 g/mol. The first-order valence-corrected chi connectivity index (χ1v) is 12.1. The number of hydrogen-bond donors (Lipinski definition) is 1. The van der Waals surface area contributed by atoms with E-state index in [2.05, 4.69) is 0 Å². The van der Waals surface area contributed by atoms with Crippen LogP contribution in [0.3, 0.4) is 0 Å². The van der Waals surface area contributed by atoms with E-state index in [1.807, 2.05) is 13.8 Å². The van der Waals surface area contributed by atoms with E-state index in [0.717, 1.165) is 16.4 Å². The minimum atomic E-state index is -4.43. The highest BCUT2D eigenvalue weighted by molar-refractivity contribution is 7.89. The molecule has 2 atom stereocenters. The Kier molecular flexibility index (Phi) is 7.21. The van der Waals surface area contributed by atoms with Crippen molar-refractivity contribution in [3.8, 4) is 11.1 Å². The molecule has 0 aliphatic carbocycles. The van der Waals surface area contributed by atoms with E-state index >= 15 is 0 Å². The van der Waals surface area contributed by atoms with E-state index in [0.29, 0.717) is 22.6 Å². The van der Waals surface area contributed by atoms with E-state index in [9.17, 15) is 31.6 Å². The number of hydroxylamine groups is 2. The van der Waals surface area contributed by atoms with Crippen LogP contribution in [-0.4, -0.2) is 47.5 Å². The van der Waals surface area contributed by atoms with Crippen LogP contribution < -0.4 is 0 Å². The smallest absolute Gasteiger partial charge is 0.286 e. The molecule has 33 heavy (non-hydrogen) atoms. The monoisotopic (exact) mass is 484 g/mol.